The van der Waals surface area contributed by atoms with Gasteiger partial charge in [-0.25, -0.2) is 0 Å². The van der Waals surface area contributed by atoms with E-state index >= 15 is 0 Å². The van der Waals surface area contributed by atoms with E-state index in [2.05, 4.69) is 35.9 Å². The van der Waals surface area contributed by atoms with E-state index in [1.807, 2.05) is 43.3 Å². The molecule has 2 aliphatic rings. The summed E-state index contributed by atoms with van der Waals surface area (Å²) in [6.45, 7) is 4.31. The number of hydrogen-bond acceptors (Lipinski definition) is 10. The molecule has 0 spiro atoms. The first-order valence-corrected chi connectivity index (χ1v) is 12.4. The number of aryl methyl sites for hydroxylation is 1. The first-order chi connectivity index (χ1) is 17.7. The molecular formula is C25H29N9O2. The molecule has 0 amide bonds. The van der Waals surface area contributed by atoms with E-state index in [-0.39, 0.29) is 12.1 Å². The number of nitrogens with zero attached hydrogens (tertiary/aromatic N) is 6. The van der Waals surface area contributed by atoms with E-state index in [4.69, 9.17) is 19.2 Å². The second-order valence-corrected chi connectivity index (χ2v) is 9.20. The van der Waals surface area contributed by atoms with Crippen LogP contribution in [0.25, 0.3) is 11.4 Å². The molecule has 36 heavy (non-hydrogen) atoms. The van der Waals surface area contributed by atoms with Crippen LogP contribution in [-0.2, 0) is 4.74 Å². The summed E-state index contributed by atoms with van der Waals surface area (Å²) in [5.74, 6) is 3.52. The Morgan fingerprint density at radius 3 is 2.81 bits per heavy atom. The maximum atomic E-state index is 5.78. The smallest absolute Gasteiger partial charge is 0.229 e. The number of anilines is 4. The van der Waals surface area contributed by atoms with E-state index in [0.29, 0.717) is 24.1 Å². The summed E-state index contributed by atoms with van der Waals surface area (Å²) in [7, 11) is 0. The number of aromatic amines is 1. The fourth-order valence-corrected chi connectivity index (χ4v) is 4.74. The molecule has 186 valence electrons. The summed E-state index contributed by atoms with van der Waals surface area (Å²) in [4.78, 5) is 16.3. The lowest BCUT2D eigenvalue weighted by molar-refractivity contribution is 0.120. The summed E-state index contributed by atoms with van der Waals surface area (Å²) < 4.78 is 11.6. The van der Waals surface area contributed by atoms with Gasteiger partial charge in [0.25, 0.3) is 0 Å². The molecule has 0 bridgehead atoms. The Balaban J connectivity index is 1.28. The van der Waals surface area contributed by atoms with E-state index in [1.165, 1.54) is 0 Å². The van der Waals surface area contributed by atoms with E-state index in [9.17, 15) is 0 Å². The third kappa shape index (κ3) is 4.87. The second-order valence-electron chi connectivity index (χ2n) is 9.20. The molecule has 0 aromatic carbocycles. The number of ether oxygens (including phenoxy) is 1. The normalized spacial score (nSPS) is 19.6. The molecule has 2 fully saturated rings. The molecule has 2 saturated heterocycles. The zero-order chi connectivity index (χ0) is 24.3. The molecule has 3 N–H and O–H groups in total. The predicted molar refractivity (Wildman–Crippen MR) is 135 cm³/mol. The van der Waals surface area contributed by atoms with Crippen molar-refractivity contribution >= 4 is 23.4 Å². The molecule has 0 aliphatic carbocycles. The quantitative estimate of drug-likeness (QED) is 0.332. The topological polar surface area (TPSA) is 130 Å². The fourth-order valence-electron chi connectivity index (χ4n) is 4.74. The van der Waals surface area contributed by atoms with Crippen molar-refractivity contribution < 1.29 is 9.26 Å². The predicted octanol–water partition coefficient (Wildman–Crippen LogP) is 4.23. The van der Waals surface area contributed by atoms with Crippen LogP contribution >= 0.6 is 0 Å². The molecule has 11 heteroatoms. The number of rotatable bonds is 8. The van der Waals surface area contributed by atoms with Crippen LogP contribution in [0.5, 0.6) is 0 Å². The zero-order valence-electron chi connectivity index (χ0n) is 20.1. The van der Waals surface area contributed by atoms with Gasteiger partial charge in [-0.05, 0) is 44.7 Å². The van der Waals surface area contributed by atoms with Crippen molar-refractivity contribution in [2.24, 2.45) is 0 Å². The minimum Gasteiger partial charge on any atom is -0.376 e. The minimum atomic E-state index is -0.0103. The van der Waals surface area contributed by atoms with Gasteiger partial charge in [-0.15, -0.1) is 0 Å². The zero-order valence-corrected chi connectivity index (χ0v) is 20.1. The van der Waals surface area contributed by atoms with Gasteiger partial charge in [0.1, 0.15) is 17.3 Å². The lowest BCUT2D eigenvalue weighted by Crippen LogP contribution is -2.25. The van der Waals surface area contributed by atoms with Gasteiger partial charge in [0.15, 0.2) is 11.6 Å². The van der Waals surface area contributed by atoms with Gasteiger partial charge in [0, 0.05) is 49.8 Å². The Morgan fingerprint density at radius 1 is 1.06 bits per heavy atom. The van der Waals surface area contributed by atoms with Crippen LogP contribution in [0.15, 0.2) is 47.1 Å². The number of pyridine rings is 1. The number of hydrogen-bond donors (Lipinski definition) is 3. The van der Waals surface area contributed by atoms with E-state index in [0.717, 1.165) is 67.5 Å². The van der Waals surface area contributed by atoms with Crippen LogP contribution < -0.4 is 15.5 Å². The Kier molecular flexibility index (Phi) is 6.20. The number of aromatic nitrogens is 6. The van der Waals surface area contributed by atoms with Crippen molar-refractivity contribution in [1.82, 2.24) is 30.3 Å². The van der Waals surface area contributed by atoms with Gasteiger partial charge in [0.2, 0.25) is 5.95 Å². The molecular weight excluding hydrogens is 458 g/mol. The van der Waals surface area contributed by atoms with E-state index in [1.54, 1.807) is 6.20 Å². The van der Waals surface area contributed by atoms with Crippen molar-refractivity contribution in [1.29, 1.82) is 0 Å². The monoisotopic (exact) mass is 487 g/mol. The molecule has 4 aromatic rings. The summed E-state index contributed by atoms with van der Waals surface area (Å²) in [5.41, 5.74) is 2.48. The number of nitrogens with one attached hydrogen (secondary N) is 3. The molecule has 4 aromatic heterocycles. The summed E-state index contributed by atoms with van der Waals surface area (Å²) >= 11 is 0. The molecule has 6 rings (SSSR count). The van der Waals surface area contributed by atoms with Crippen molar-refractivity contribution in [2.45, 2.75) is 44.8 Å². The molecule has 0 unspecified atom stereocenters. The second kappa shape index (κ2) is 9.94. The Hall–Kier alpha value is -3.99. The summed E-state index contributed by atoms with van der Waals surface area (Å²) in [5, 5.41) is 18.3. The van der Waals surface area contributed by atoms with Crippen LogP contribution in [0.4, 0.5) is 23.4 Å². The average Bonchev–Trinajstić information content (AvgIpc) is 3.71. The van der Waals surface area contributed by atoms with Crippen molar-refractivity contribution in [2.75, 3.05) is 35.2 Å². The lowest BCUT2D eigenvalue weighted by atomic mass is 10.1. The highest BCUT2D eigenvalue weighted by Gasteiger charge is 2.32. The third-order valence-corrected chi connectivity index (χ3v) is 6.51. The van der Waals surface area contributed by atoms with Crippen LogP contribution in [-0.4, -0.2) is 56.1 Å². The van der Waals surface area contributed by atoms with Gasteiger partial charge in [0.05, 0.1) is 17.8 Å². The number of H-pyrrole nitrogens is 1. The maximum Gasteiger partial charge on any atom is 0.229 e. The fraction of sp³-hybridized carbons (Fsp3) is 0.400. The summed E-state index contributed by atoms with van der Waals surface area (Å²) in [6.07, 6.45) is 6.04. The Morgan fingerprint density at radius 2 is 2.00 bits per heavy atom. The van der Waals surface area contributed by atoms with Crippen LogP contribution in [0, 0.1) is 6.92 Å². The van der Waals surface area contributed by atoms with Crippen molar-refractivity contribution in [3.8, 4) is 11.4 Å². The SMILES string of the molecule is Cc1cc(Nc2cc(NC[C@H]3CCCO3)nc(N3CCC[C@H]3c3cc(-c4ccccn4)no3)n2)n[nH]1. The van der Waals surface area contributed by atoms with Gasteiger partial charge < -0.3 is 24.8 Å². The molecule has 2 aliphatic heterocycles. The average molecular weight is 488 g/mol. The standard InChI is InChI=1S/C25H29N9O2/c1-16-12-24(32-31-16)28-23-14-22(27-15-17-6-5-11-35-17)29-25(30-23)34-10-4-8-20(34)21-13-19(33-36-21)18-7-2-3-9-26-18/h2-3,7,9,12-14,17,20H,4-6,8,10-11,15H2,1H3,(H3,27,28,29,30,31,32)/t17-,20+/m1/s1. The van der Waals surface area contributed by atoms with Crippen LogP contribution in [0.3, 0.4) is 0 Å². The highest BCUT2D eigenvalue weighted by molar-refractivity contribution is 5.60. The molecule has 2 atom stereocenters. The van der Waals surface area contributed by atoms with Gasteiger partial charge in [-0.2, -0.15) is 15.1 Å². The van der Waals surface area contributed by atoms with Gasteiger partial charge in [-0.3, -0.25) is 10.1 Å². The van der Waals surface area contributed by atoms with Gasteiger partial charge >= 0.3 is 0 Å². The molecule has 6 heterocycles. The molecule has 0 saturated carbocycles. The first kappa shape index (κ1) is 22.5. The largest absolute Gasteiger partial charge is 0.376 e. The Labute approximate surface area is 208 Å². The minimum absolute atomic E-state index is 0.0103. The van der Waals surface area contributed by atoms with E-state index < -0.39 is 0 Å². The highest BCUT2D eigenvalue weighted by atomic mass is 16.5. The van der Waals surface area contributed by atoms with Crippen molar-refractivity contribution in [3.05, 3.63) is 54.0 Å². The maximum absolute atomic E-state index is 5.78. The molecule has 11 nitrogen and oxygen atoms in total. The highest BCUT2D eigenvalue weighted by Crippen LogP contribution is 2.37. The van der Waals surface area contributed by atoms with Crippen LogP contribution in [0.1, 0.15) is 43.2 Å². The Bertz CT molecular complexity index is 1300. The first-order valence-electron chi connectivity index (χ1n) is 12.4. The lowest BCUT2D eigenvalue weighted by Gasteiger charge is -2.24. The third-order valence-electron chi connectivity index (χ3n) is 6.51. The van der Waals surface area contributed by atoms with Gasteiger partial charge in [-0.1, -0.05) is 11.2 Å². The molecule has 0 radical (unpaired) electrons. The van der Waals surface area contributed by atoms with Crippen molar-refractivity contribution in [3.63, 3.8) is 0 Å². The van der Waals surface area contributed by atoms with Crippen LogP contribution in [0.2, 0.25) is 0 Å². The summed E-state index contributed by atoms with van der Waals surface area (Å²) in [6, 6.07) is 11.6.